The van der Waals surface area contributed by atoms with Crippen LogP contribution in [0.15, 0.2) is 198 Å². The quantitative estimate of drug-likeness (QED) is 0.131. The second-order valence-corrected chi connectivity index (χ2v) is 14.9. The largest absolute Gasteiger partial charge is 0.383 e. The van der Waals surface area contributed by atoms with Gasteiger partial charge in [-0.05, 0) is 88.1 Å². The molecule has 0 unspecified atom stereocenters. The molecule has 0 radical (unpaired) electrons. The number of para-hydroxylation sites is 2. The molecule has 0 saturated carbocycles. The molecule has 2 heterocycles. The van der Waals surface area contributed by atoms with Crippen LogP contribution in [0.2, 0.25) is 0 Å². The van der Waals surface area contributed by atoms with E-state index in [9.17, 15) is 0 Å². The number of nitrogens with two attached hydrogens (primary N) is 1. The molecule has 0 atom stereocenters. The molecule has 266 valence electrons. The Hall–Kier alpha value is -7.15. The zero-order valence-corrected chi connectivity index (χ0v) is 31.2. The van der Waals surface area contributed by atoms with Gasteiger partial charge in [-0.25, -0.2) is 9.98 Å². The SMILES string of the molecule is NC(=NC(=NCc1ccc2cc(-c3ccc(-n4c5ccccc5c5cc(-c6nc7ccccc7s6)ccc54)cc3)ccc2c1)c1ccccc1)c1ccccc1. The van der Waals surface area contributed by atoms with Crippen molar-refractivity contribution in [2.75, 3.05) is 0 Å². The van der Waals surface area contributed by atoms with Crippen LogP contribution in [0.5, 0.6) is 0 Å². The molecule has 0 amide bonds. The first-order chi connectivity index (χ1) is 27.6. The van der Waals surface area contributed by atoms with Crippen molar-refractivity contribution < 1.29 is 0 Å². The molecule has 0 bridgehead atoms. The number of nitrogens with zero attached hydrogens (tertiary/aromatic N) is 4. The third kappa shape index (κ3) is 6.32. The van der Waals surface area contributed by atoms with Crippen LogP contribution < -0.4 is 5.73 Å². The van der Waals surface area contributed by atoms with E-state index in [1.807, 2.05) is 66.7 Å². The zero-order chi connectivity index (χ0) is 37.4. The molecule has 8 aromatic carbocycles. The van der Waals surface area contributed by atoms with Crippen LogP contribution in [0.4, 0.5) is 0 Å². The van der Waals surface area contributed by atoms with Gasteiger partial charge >= 0.3 is 0 Å². The highest BCUT2D eigenvalue weighted by molar-refractivity contribution is 7.21. The number of aliphatic imine (C=N–C) groups is 2. The standard InChI is InChI=1S/C50H35N5S/c51-48(35-11-3-1-4-12-35)54-49(36-13-5-2-6-14-36)52-32-33-19-20-39-30-38(22-21-37(39)29-33)34-23-26-41(27-24-34)55-45-17-9-7-15-42(45)43-31-40(25-28-46(43)55)50-53-44-16-8-10-18-47(44)56-50/h1-31H,32H2,(H2,51,52,54). The molecule has 0 aliphatic carbocycles. The van der Waals surface area contributed by atoms with Crippen molar-refractivity contribution in [3.05, 3.63) is 205 Å². The van der Waals surface area contributed by atoms with Crippen LogP contribution in [0.1, 0.15) is 16.7 Å². The number of fused-ring (bicyclic) bond motifs is 5. The summed E-state index contributed by atoms with van der Waals surface area (Å²) in [6.07, 6.45) is 0. The van der Waals surface area contributed by atoms with Gasteiger partial charge in [-0.2, -0.15) is 0 Å². The minimum absolute atomic E-state index is 0.442. The van der Waals surface area contributed by atoms with Gasteiger partial charge in [0, 0.05) is 33.2 Å². The Morgan fingerprint density at radius 2 is 1.21 bits per heavy atom. The summed E-state index contributed by atoms with van der Waals surface area (Å²) < 4.78 is 3.57. The van der Waals surface area contributed by atoms with Crippen molar-refractivity contribution >= 4 is 65.8 Å². The number of rotatable bonds is 7. The van der Waals surface area contributed by atoms with E-state index in [2.05, 4.69) is 126 Å². The minimum atomic E-state index is 0.442. The maximum absolute atomic E-state index is 6.42. The molecule has 0 aliphatic heterocycles. The summed E-state index contributed by atoms with van der Waals surface area (Å²) in [5.74, 6) is 1.05. The van der Waals surface area contributed by atoms with E-state index in [-0.39, 0.29) is 0 Å². The third-order valence-corrected chi connectivity index (χ3v) is 11.4. The molecular weight excluding hydrogens is 703 g/mol. The Bertz CT molecular complexity index is 3070. The average Bonchev–Trinajstić information content (AvgIpc) is 3.85. The van der Waals surface area contributed by atoms with E-state index in [1.165, 1.54) is 48.4 Å². The molecule has 0 aliphatic rings. The predicted octanol–water partition coefficient (Wildman–Crippen LogP) is 12.2. The summed E-state index contributed by atoms with van der Waals surface area (Å²) in [6, 6.07) is 65.7. The van der Waals surface area contributed by atoms with E-state index < -0.39 is 0 Å². The third-order valence-electron chi connectivity index (χ3n) is 10.3. The molecule has 6 heteroatoms. The smallest absolute Gasteiger partial charge is 0.157 e. The van der Waals surface area contributed by atoms with Gasteiger partial charge < -0.3 is 10.3 Å². The fourth-order valence-corrected chi connectivity index (χ4v) is 8.45. The molecular formula is C50H35N5S. The Balaban J connectivity index is 0.931. The van der Waals surface area contributed by atoms with Crippen LogP contribution in [-0.4, -0.2) is 21.2 Å². The van der Waals surface area contributed by atoms with Gasteiger partial charge in [0.2, 0.25) is 0 Å². The van der Waals surface area contributed by atoms with Crippen molar-refractivity contribution in [1.29, 1.82) is 0 Å². The molecule has 0 fully saturated rings. The van der Waals surface area contributed by atoms with E-state index in [4.69, 9.17) is 20.7 Å². The molecule has 56 heavy (non-hydrogen) atoms. The van der Waals surface area contributed by atoms with Gasteiger partial charge in [0.15, 0.2) is 5.84 Å². The minimum Gasteiger partial charge on any atom is -0.383 e. The molecule has 10 aromatic rings. The molecule has 10 rings (SSSR count). The molecule has 0 spiro atoms. The van der Waals surface area contributed by atoms with Gasteiger partial charge in [-0.1, -0.05) is 127 Å². The van der Waals surface area contributed by atoms with Crippen LogP contribution in [0.3, 0.4) is 0 Å². The van der Waals surface area contributed by atoms with E-state index in [1.54, 1.807) is 11.3 Å². The molecule has 0 saturated heterocycles. The Morgan fingerprint density at radius 3 is 2.04 bits per heavy atom. The Labute approximate surface area is 328 Å². The van der Waals surface area contributed by atoms with Crippen molar-refractivity contribution in [2.24, 2.45) is 15.7 Å². The van der Waals surface area contributed by atoms with Crippen LogP contribution >= 0.6 is 11.3 Å². The summed E-state index contributed by atoms with van der Waals surface area (Å²) in [5, 5.41) is 5.85. The Morgan fingerprint density at radius 1 is 0.554 bits per heavy atom. The van der Waals surface area contributed by atoms with Gasteiger partial charge in [0.05, 0.1) is 27.8 Å². The first-order valence-corrected chi connectivity index (χ1v) is 19.5. The van der Waals surface area contributed by atoms with Gasteiger partial charge in [-0.15, -0.1) is 11.3 Å². The van der Waals surface area contributed by atoms with Crippen LogP contribution in [-0.2, 0) is 6.54 Å². The fourth-order valence-electron chi connectivity index (χ4n) is 7.49. The Kier molecular flexibility index (Phi) is 8.50. The highest BCUT2D eigenvalue weighted by atomic mass is 32.1. The lowest BCUT2D eigenvalue weighted by atomic mass is 9.99. The lowest BCUT2D eigenvalue weighted by Crippen LogP contribution is -2.16. The van der Waals surface area contributed by atoms with Crippen molar-refractivity contribution in [1.82, 2.24) is 9.55 Å². The number of thiazole rings is 1. The van der Waals surface area contributed by atoms with E-state index >= 15 is 0 Å². The first-order valence-electron chi connectivity index (χ1n) is 18.7. The summed E-state index contributed by atoms with van der Waals surface area (Å²) >= 11 is 1.74. The summed E-state index contributed by atoms with van der Waals surface area (Å²) in [6.45, 7) is 0.487. The topological polar surface area (TPSA) is 68.6 Å². The normalized spacial score (nSPS) is 12.3. The second kappa shape index (κ2) is 14.3. The number of aromatic nitrogens is 2. The van der Waals surface area contributed by atoms with E-state index in [0.717, 1.165) is 38.5 Å². The number of amidine groups is 2. The fraction of sp³-hybridized carbons (Fsp3) is 0.0200. The lowest BCUT2D eigenvalue weighted by Gasteiger charge is -2.10. The maximum atomic E-state index is 6.42. The highest BCUT2D eigenvalue weighted by Gasteiger charge is 2.15. The molecule has 2 aromatic heterocycles. The lowest BCUT2D eigenvalue weighted by molar-refractivity contribution is 1.06. The van der Waals surface area contributed by atoms with Crippen LogP contribution in [0.25, 0.3) is 70.2 Å². The number of hydrogen-bond donors (Lipinski definition) is 1. The van der Waals surface area contributed by atoms with Gasteiger partial charge in [-0.3, -0.25) is 4.99 Å². The highest BCUT2D eigenvalue weighted by Crippen LogP contribution is 2.37. The van der Waals surface area contributed by atoms with E-state index in [0.29, 0.717) is 18.2 Å². The van der Waals surface area contributed by atoms with Crippen molar-refractivity contribution in [3.63, 3.8) is 0 Å². The summed E-state index contributed by atoms with van der Waals surface area (Å²) in [4.78, 5) is 14.6. The predicted molar refractivity (Wildman–Crippen MR) is 236 cm³/mol. The molecule has 5 nitrogen and oxygen atoms in total. The number of benzene rings is 8. The first kappa shape index (κ1) is 33.4. The van der Waals surface area contributed by atoms with Crippen molar-refractivity contribution in [2.45, 2.75) is 6.54 Å². The van der Waals surface area contributed by atoms with Crippen LogP contribution in [0, 0.1) is 0 Å². The summed E-state index contributed by atoms with van der Waals surface area (Å²) in [5.41, 5.74) is 17.3. The van der Waals surface area contributed by atoms with Gasteiger partial charge in [0.1, 0.15) is 10.8 Å². The average molecular weight is 738 g/mol. The zero-order valence-electron chi connectivity index (χ0n) is 30.4. The van der Waals surface area contributed by atoms with Crippen molar-refractivity contribution in [3.8, 4) is 27.4 Å². The summed E-state index contributed by atoms with van der Waals surface area (Å²) in [7, 11) is 0. The van der Waals surface area contributed by atoms with Gasteiger partial charge in [0.25, 0.3) is 0 Å². The maximum Gasteiger partial charge on any atom is 0.157 e. The molecule has 2 N–H and O–H groups in total. The monoisotopic (exact) mass is 737 g/mol. The second-order valence-electron chi connectivity index (χ2n) is 13.9. The number of hydrogen-bond acceptors (Lipinski definition) is 3.